The molecule has 8 nitrogen and oxygen atoms in total. The zero-order chi connectivity index (χ0) is 34.1. The van der Waals surface area contributed by atoms with E-state index in [1.165, 1.54) is 103 Å². The van der Waals surface area contributed by atoms with Gasteiger partial charge < -0.3 is 19.7 Å². The quantitative estimate of drug-likeness (QED) is 0.0780. The van der Waals surface area contributed by atoms with Crippen molar-refractivity contribution >= 4 is 11.9 Å². The molecule has 2 fully saturated rings. The minimum atomic E-state index is -0.647. The van der Waals surface area contributed by atoms with Crippen LogP contribution in [-0.4, -0.2) is 83.4 Å². The summed E-state index contributed by atoms with van der Waals surface area (Å²) >= 11 is 0. The minimum Gasteiger partial charge on any atom is -0.493 e. The Morgan fingerprint density at radius 3 is 1.23 bits per heavy atom. The zero-order valence-electron chi connectivity index (χ0n) is 30.1. The molecule has 274 valence electrons. The maximum Gasteiger partial charge on any atom is 0.320 e. The van der Waals surface area contributed by atoms with Crippen molar-refractivity contribution in [1.29, 1.82) is 0 Å². The highest BCUT2D eigenvalue weighted by atomic mass is 16.5. The predicted octanol–water partition coefficient (Wildman–Crippen LogP) is 9.34. The van der Waals surface area contributed by atoms with Crippen LogP contribution in [0.15, 0.2) is 24.3 Å². The van der Waals surface area contributed by atoms with E-state index in [1.54, 1.807) is 0 Å². The molecule has 2 atom stereocenters. The van der Waals surface area contributed by atoms with Crippen LogP contribution in [0.25, 0.3) is 0 Å². The first kappa shape index (κ1) is 40.1. The molecule has 2 aliphatic rings. The first-order valence-corrected chi connectivity index (χ1v) is 19.8. The molecule has 0 bridgehead atoms. The molecule has 2 heterocycles. The van der Waals surface area contributed by atoms with Gasteiger partial charge in [0.15, 0.2) is 0 Å². The van der Waals surface area contributed by atoms with E-state index in [1.807, 2.05) is 24.3 Å². The SMILES string of the molecule is O=C(O)[C@@H]1CCCN1CCCCCCCCCCCCOc1cccc(OCCCCCCCCCCCCN2CCC[C@H]2C(=O)O)c1. The zero-order valence-corrected chi connectivity index (χ0v) is 30.1. The fourth-order valence-electron chi connectivity index (χ4n) is 7.44. The molecule has 0 saturated carbocycles. The first-order chi connectivity index (χ1) is 23.5. The van der Waals surface area contributed by atoms with Gasteiger partial charge in [-0.2, -0.15) is 0 Å². The molecule has 0 aliphatic carbocycles. The number of ether oxygens (including phenoxy) is 2. The third-order valence-corrected chi connectivity index (χ3v) is 10.3. The molecule has 1 aromatic carbocycles. The molecule has 0 amide bonds. The molecular formula is C40H68N2O6. The Balaban J connectivity index is 1.04. The monoisotopic (exact) mass is 673 g/mol. The maximum absolute atomic E-state index is 11.3. The van der Waals surface area contributed by atoms with E-state index in [0.29, 0.717) is 0 Å². The Hall–Kier alpha value is -2.32. The summed E-state index contributed by atoms with van der Waals surface area (Å²) in [5, 5.41) is 18.6. The molecule has 3 rings (SSSR count). The third-order valence-electron chi connectivity index (χ3n) is 10.3. The number of hydrogen-bond donors (Lipinski definition) is 2. The molecule has 0 radical (unpaired) electrons. The minimum absolute atomic E-state index is 0.237. The van der Waals surface area contributed by atoms with Gasteiger partial charge in [0.25, 0.3) is 0 Å². The van der Waals surface area contributed by atoms with Gasteiger partial charge in [-0.3, -0.25) is 19.4 Å². The van der Waals surface area contributed by atoms with E-state index >= 15 is 0 Å². The Kier molecular flexibility index (Phi) is 21.4. The number of carbonyl (C=O) groups is 2. The van der Waals surface area contributed by atoms with Gasteiger partial charge in [0.2, 0.25) is 0 Å². The van der Waals surface area contributed by atoms with Crippen molar-refractivity contribution in [2.45, 2.75) is 166 Å². The Labute approximate surface area is 291 Å². The largest absolute Gasteiger partial charge is 0.493 e. The van der Waals surface area contributed by atoms with Crippen LogP contribution in [-0.2, 0) is 9.59 Å². The smallest absolute Gasteiger partial charge is 0.320 e. The summed E-state index contributed by atoms with van der Waals surface area (Å²) in [5.41, 5.74) is 0. The van der Waals surface area contributed by atoms with E-state index in [9.17, 15) is 19.8 Å². The topological polar surface area (TPSA) is 99.5 Å². The highest BCUT2D eigenvalue weighted by Crippen LogP contribution is 2.22. The van der Waals surface area contributed by atoms with Crippen LogP contribution in [0.4, 0.5) is 0 Å². The van der Waals surface area contributed by atoms with Gasteiger partial charge in [-0.15, -0.1) is 0 Å². The van der Waals surface area contributed by atoms with E-state index < -0.39 is 11.9 Å². The van der Waals surface area contributed by atoms with Crippen molar-refractivity contribution in [2.24, 2.45) is 0 Å². The number of unbranched alkanes of at least 4 members (excludes halogenated alkanes) is 18. The van der Waals surface area contributed by atoms with Crippen molar-refractivity contribution < 1.29 is 29.3 Å². The second-order valence-corrected chi connectivity index (χ2v) is 14.3. The van der Waals surface area contributed by atoms with Gasteiger partial charge >= 0.3 is 11.9 Å². The van der Waals surface area contributed by atoms with Gasteiger partial charge in [-0.05, 0) is 89.7 Å². The van der Waals surface area contributed by atoms with Crippen LogP contribution >= 0.6 is 0 Å². The van der Waals surface area contributed by atoms with Gasteiger partial charge in [0.1, 0.15) is 23.6 Å². The van der Waals surface area contributed by atoms with Crippen molar-refractivity contribution in [3.8, 4) is 11.5 Å². The maximum atomic E-state index is 11.3. The molecule has 0 aromatic heterocycles. The summed E-state index contributed by atoms with van der Waals surface area (Å²) in [7, 11) is 0. The molecule has 8 heteroatoms. The molecule has 0 unspecified atom stereocenters. The predicted molar refractivity (Wildman–Crippen MR) is 194 cm³/mol. The van der Waals surface area contributed by atoms with Crippen molar-refractivity contribution in [2.75, 3.05) is 39.4 Å². The number of rotatable bonds is 30. The number of carboxylic acid groups (broad SMARTS) is 2. The number of likely N-dealkylation sites (tertiary alicyclic amines) is 2. The van der Waals surface area contributed by atoms with E-state index in [4.69, 9.17) is 9.47 Å². The summed E-state index contributed by atoms with van der Waals surface area (Å²) in [6, 6.07) is 7.60. The number of carboxylic acids is 2. The molecule has 48 heavy (non-hydrogen) atoms. The lowest BCUT2D eigenvalue weighted by molar-refractivity contribution is -0.143. The highest BCUT2D eigenvalue weighted by Gasteiger charge is 2.30. The average molecular weight is 673 g/mol. The fourth-order valence-corrected chi connectivity index (χ4v) is 7.44. The van der Waals surface area contributed by atoms with E-state index in [-0.39, 0.29) is 12.1 Å². The molecule has 2 N–H and O–H groups in total. The first-order valence-electron chi connectivity index (χ1n) is 19.8. The second-order valence-electron chi connectivity index (χ2n) is 14.3. The van der Waals surface area contributed by atoms with Crippen molar-refractivity contribution in [1.82, 2.24) is 9.80 Å². The number of aliphatic carboxylic acids is 2. The van der Waals surface area contributed by atoms with Crippen LogP contribution < -0.4 is 9.47 Å². The lowest BCUT2D eigenvalue weighted by Gasteiger charge is -2.20. The third kappa shape index (κ3) is 17.4. The van der Waals surface area contributed by atoms with Crippen molar-refractivity contribution in [3.63, 3.8) is 0 Å². The van der Waals surface area contributed by atoms with E-state index in [2.05, 4.69) is 9.80 Å². The number of hydrogen-bond acceptors (Lipinski definition) is 6. The summed E-state index contributed by atoms with van der Waals surface area (Å²) in [6.07, 6.45) is 28.5. The van der Waals surface area contributed by atoms with Crippen LogP contribution in [0.1, 0.15) is 154 Å². The summed E-state index contributed by atoms with van der Waals surface area (Å²) in [4.78, 5) is 26.9. The second kappa shape index (κ2) is 25.6. The highest BCUT2D eigenvalue weighted by molar-refractivity contribution is 5.74. The van der Waals surface area contributed by atoms with Gasteiger partial charge in [-0.1, -0.05) is 109 Å². The fraction of sp³-hybridized carbons (Fsp3) is 0.800. The molecule has 1 aromatic rings. The van der Waals surface area contributed by atoms with Crippen LogP contribution in [0.3, 0.4) is 0 Å². The Morgan fingerprint density at radius 2 is 0.875 bits per heavy atom. The van der Waals surface area contributed by atoms with Crippen LogP contribution in [0, 0.1) is 0 Å². The van der Waals surface area contributed by atoms with Gasteiger partial charge in [-0.25, -0.2) is 0 Å². The van der Waals surface area contributed by atoms with Crippen molar-refractivity contribution in [3.05, 3.63) is 24.3 Å². The summed E-state index contributed by atoms with van der Waals surface area (Å²) < 4.78 is 12.0. The molecule has 2 saturated heterocycles. The summed E-state index contributed by atoms with van der Waals surface area (Å²) in [6.45, 7) is 5.31. The number of benzene rings is 1. The lowest BCUT2D eigenvalue weighted by Crippen LogP contribution is -2.36. The molecular weight excluding hydrogens is 604 g/mol. The standard InChI is InChI=1S/C40H68N2O6/c43-39(44)37-26-22-30-41(37)28-17-13-9-5-1-3-7-11-15-19-32-47-35-24-21-25-36(34-35)48-33-20-16-12-8-4-2-6-10-14-18-29-42-31-23-27-38(42)40(45)46/h21,24-25,34,37-38H,1-20,22-23,26-33H2,(H,43,44)(H,45,46)/t37-,38-/m0/s1. The van der Waals surface area contributed by atoms with Gasteiger partial charge in [0.05, 0.1) is 13.2 Å². The summed E-state index contributed by atoms with van der Waals surface area (Å²) in [5.74, 6) is 0.504. The van der Waals surface area contributed by atoms with Gasteiger partial charge in [0, 0.05) is 6.07 Å². The normalized spacial score (nSPS) is 18.4. The van der Waals surface area contributed by atoms with Crippen LogP contribution in [0.5, 0.6) is 11.5 Å². The molecule has 0 spiro atoms. The lowest BCUT2D eigenvalue weighted by atomic mass is 10.1. The van der Waals surface area contributed by atoms with E-state index in [0.717, 1.165) is 102 Å². The molecule has 2 aliphatic heterocycles. The average Bonchev–Trinajstić information content (AvgIpc) is 3.76. The van der Waals surface area contributed by atoms with Crippen LogP contribution in [0.2, 0.25) is 0 Å². The Bertz CT molecular complexity index is 917. The Morgan fingerprint density at radius 1 is 0.542 bits per heavy atom. The number of nitrogens with zero attached hydrogens (tertiary/aromatic N) is 2.